The predicted octanol–water partition coefficient (Wildman–Crippen LogP) is 2.53. The first-order valence-corrected chi connectivity index (χ1v) is 9.18. The Morgan fingerprint density at radius 2 is 1.87 bits per heavy atom. The largest absolute Gasteiger partial charge is 0.505 e. The molecule has 1 atom stereocenters. The molecule has 9 nitrogen and oxygen atoms in total. The van der Waals surface area contributed by atoms with E-state index in [0.717, 1.165) is 5.69 Å². The molecule has 0 fully saturated rings. The fraction of sp³-hybridized carbons (Fsp3) is 0.190. The number of nitrogens with zero attached hydrogens (tertiary/aromatic N) is 2. The van der Waals surface area contributed by atoms with Crippen molar-refractivity contribution in [3.63, 3.8) is 0 Å². The number of pyridine rings is 1. The molecule has 0 saturated carbocycles. The maximum atomic E-state index is 12.5. The number of aliphatic carboxylic acids is 1. The maximum absolute atomic E-state index is 12.5. The van der Waals surface area contributed by atoms with Gasteiger partial charge in [0, 0.05) is 36.9 Å². The Labute approximate surface area is 172 Å². The van der Waals surface area contributed by atoms with E-state index in [1.54, 1.807) is 25.1 Å². The zero-order valence-electron chi connectivity index (χ0n) is 16.5. The number of urea groups is 1. The second-order valence-electron chi connectivity index (χ2n) is 6.89. The van der Waals surface area contributed by atoms with E-state index in [4.69, 9.17) is 0 Å². The van der Waals surface area contributed by atoms with Gasteiger partial charge in [-0.15, -0.1) is 0 Å². The van der Waals surface area contributed by atoms with Crippen LogP contribution < -0.4 is 16.2 Å². The van der Waals surface area contributed by atoms with Gasteiger partial charge >= 0.3 is 12.0 Å². The molecule has 0 radical (unpaired) electrons. The highest BCUT2D eigenvalue weighted by molar-refractivity contribution is 5.91. The van der Waals surface area contributed by atoms with Crippen molar-refractivity contribution < 1.29 is 19.8 Å². The highest BCUT2D eigenvalue weighted by Gasteiger charge is 2.21. The molecule has 0 bridgehead atoms. The Morgan fingerprint density at radius 3 is 2.53 bits per heavy atom. The number of benzene rings is 1. The Morgan fingerprint density at radius 1 is 1.17 bits per heavy atom. The van der Waals surface area contributed by atoms with Gasteiger partial charge in [0.2, 0.25) is 0 Å². The number of rotatable bonds is 6. The van der Waals surface area contributed by atoms with Crippen molar-refractivity contribution in [1.82, 2.24) is 14.5 Å². The van der Waals surface area contributed by atoms with Crippen LogP contribution in [0.2, 0.25) is 0 Å². The minimum atomic E-state index is -1.10. The quantitative estimate of drug-likeness (QED) is 0.497. The topological polar surface area (TPSA) is 126 Å². The smallest absolute Gasteiger partial charge is 0.319 e. The lowest BCUT2D eigenvalue weighted by Gasteiger charge is -2.19. The lowest BCUT2D eigenvalue weighted by atomic mass is 10.0. The van der Waals surface area contributed by atoms with Crippen LogP contribution in [0.15, 0.2) is 59.8 Å². The van der Waals surface area contributed by atoms with Crippen LogP contribution in [0.4, 0.5) is 10.5 Å². The van der Waals surface area contributed by atoms with Gasteiger partial charge in [-0.2, -0.15) is 0 Å². The van der Waals surface area contributed by atoms with Crippen LogP contribution in [0.1, 0.15) is 23.6 Å². The van der Waals surface area contributed by atoms with E-state index < -0.39 is 23.6 Å². The average molecular weight is 410 g/mol. The van der Waals surface area contributed by atoms with Crippen molar-refractivity contribution in [3.05, 3.63) is 76.5 Å². The number of aromatic hydroxyl groups is 1. The van der Waals surface area contributed by atoms with Crippen LogP contribution in [0.5, 0.6) is 5.75 Å². The first kappa shape index (κ1) is 20.7. The van der Waals surface area contributed by atoms with Crippen LogP contribution in [0.3, 0.4) is 0 Å². The zero-order chi connectivity index (χ0) is 21.8. The zero-order valence-corrected chi connectivity index (χ0v) is 16.5. The third-order valence-corrected chi connectivity index (χ3v) is 4.63. The maximum Gasteiger partial charge on any atom is 0.319 e. The summed E-state index contributed by atoms with van der Waals surface area (Å²) in [5.74, 6) is -1.43. The summed E-state index contributed by atoms with van der Waals surface area (Å²) in [5, 5.41) is 24.4. The lowest BCUT2D eigenvalue weighted by molar-refractivity contribution is -0.137. The van der Waals surface area contributed by atoms with Gasteiger partial charge in [0.15, 0.2) is 5.69 Å². The van der Waals surface area contributed by atoms with Crippen LogP contribution in [-0.4, -0.2) is 31.3 Å². The van der Waals surface area contributed by atoms with Gasteiger partial charge in [0.1, 0.15) is 5.75 Å². The minimum Gasteiger partial charge on any atom is -0.505 e. The van der Waals surface area contributed by atoms with Gasteiger partial charge in [-0.05, 0) is 36.8 Å². The Balaban J connectivity index is 1.86. The SMILES string of the molecule is Cc1cn(C)c(=O)c(NC(=O)NC(CC(=O)O)c2cccc(-n3cccc3)c2)c1O. The monoisotopic (exact) mass is 410 g/mol. The molecule has 1 aromatic carbocycles. The summed E-state index contributed by atoms with van der Waals surface area (Å²) in [7, 11) is 1.50. The van der Waals surface area contributed by atoms with Gasteiger partial charge < -0.3 is 30.0 Å². The summed E-state index contributed by atoms with van der Waals surface area (Å²) in [4.78, 5) is 36.2. The van der Waals surface area contributed by atoms with Crippen LogP contribution in [0.25, 0.3) is 5.69 Å². The third kappa shape index (κ3) is 4.52. The fourth-order valence-corrected chi connectivity index (χ4v) is 3.14. The van der Waals surface area contributed by atoms with Crippen molar-refractivity contribution in [3.8, 4) is 11.4 Å². The minimum absolute atomic E-state index is 0.273. The molecule has 0 aliphatic heterocycles. The number of anilines is 1. The molecule has 9 heteroatoms. The fourth-order valence-electron chi connectivity index (χ4n) is 3.14. The van der Waals surface area contributed by atoms with Crippen molar-refractivity contribution in [2.24, 2.45) is 7.05 Å². The Kier molecular flexibility index (Phi) is 5.91. The molecular formula is C21H22N4O5. The number of aryl methyl sites for hydroxylation is 2. The lowest BCUT2D eigenvalue weighted by Crippen LogP contribution is -2.36. The first-order valence-electron chi connectivity index (χ1n) is 9.18. The molecule has 156 valence electrons. The van der Waals surface area contributed by atoms with E-state index in [0.29, 0.717) is 11.1 Å². The van der Waals surface area contributed by atoms with Crippen molar-refractivity contribution in [2.45, 2.75) is 19.4 Å². The summed E-state index contributed by atoms with van der Waals surface area (Å²) in [6.45, 7) is 1.60. The van der Waals surface area contributed by atoms with E-state index in [2.05, 4.69) is 10.6 Å². The highest BCUT2D eigenvalue weighted by Crippen LogP contribution is 2.24. The van der Waals surface area contributed by atoms with Gasteiger partial charge in [0.25, 0.3) is 5.56 Å². The van der Waals surface area contributed by atoms with Gasteiger partial charge in [0.05, 0.1) is 12.5 Å². The summed E-state index contributed by atoms with van der Waals surface area (Å²) >= 11 is 0. The standard InChI is InChI=1S/C21H22N4O5/c1-13-12-24(2)20(29)18(19(13)28)23-21(30)22-16(11-17(26)27)14-6-5-7-15(10-14)25-8-3-4-9-25/h3-10,12,16,28H,11H2,1-2H3,(H,26,27)(H2,22,23,30). The van der Waals surface area contributed by atoms with E-state index >= 15 is 0 Å². The van der Waals surface area contributed by atoms with E-state index in [1.165, 1.54) is 17.8 Å². The van der Waals surface area contributed by atoms with E-state index in [-0.39, 0.29) is 17.9 Å². The van der Waals surface area contributed by atoms with Crippen molar-refractivity contribution in [1.29, 1.82) is 0 Å². The Hall–Kier alpha value is -4.01. The molecule has 0 saturated heterocycles. The van der Waals surface area contributed by atoms with E-state index in [9.17, 15) is 24.6 Å². The molecule has 2 heterocycles. The van der Waals surface area contributed by atoms with Crippen LogP contribution in [-0.2, 0) is 11.8 Å². The number of hydrogen-bond donors (Lipinski definition) is 4. The molecule has 3 rings (SSSR count). The highest BCUT2D eigenvalue weighted by atomic mass is 16.4. The van der Waals surface area contributed by atoms with Crippen molar-refractivity contribution in [2.75, 3.05) is 5.32 Å². The number of carbonyl (C=O) groups is 2. The summed E-state index contributed by atoms with van der Waals surface area (Å²) in [6.07, 6.45) is 4.78. The molecule has 0 aliphatic carbocycles. The predicted molar refractivity (Wildman–Crippen MR) is 111 cm³/mol. The Bertz CT molecular complexity index is 1130. The van der Waals surface area contributed by atoms with Gasteiger partial charge in [-0.1, -0.05) is 12.1 Å². The molecule has 2 aromatic heterocycles. The summed E-state index contributed by atoms with van der Waals surface area (Å²) in [6, 6.07) is 9.18. The molecule has 0 spiro atoms. The molecule has 1 unspecified atom stereocenters. The van der Waals surface area contributed by atoms with Gasteiger partial charge in [-0.3, -0.25) is 9.59 Å². The van der Waals surface area contributed by atoms with Crippen LogP contribution >= 0.6 is 0 Å². The number of carboxylic acid groups (broad SMARTS) is 1. The third-order valence-electron chi connectivity index (χ3n) is 4.63. The number of carboxylic acids is 1. The second-order valence-corrected chi connectivity index (χ2v) is 6.89. The number of nitrogens with one attached hydrogen (secondary N) is 2. The first-order chi connectivity index (χ1) is 14.3. The summed E-state index contributed by atoms with van der Waals surface area (Å²) in [5.41, 5.74) is 0.942. The normalized spacial score (nSPS) is 11.7. The molecular weight excluding hydrogens is 388 g/mol. The van der Waals surface area contributed by atoms with Crippen LogP contribution in [0, 0.1) is 6.92 Å². The average Bonchev–Trinajstić information content (AvgIpc) is 3.24. The number of hydrogen-bond acceptors (Lipinski definition) is 4. The number of aromatic nitrogens is 2. The summed E-state index contributed by atoms with van der Waals surface area (Å²) < 4.78 is 3.09. The number of carbonyl (C=O) groups excluding carboxylic acids is 1. The second kappa shape index (κ2) is 8.56. The molecule has 3 aromatic rings. The number of amides is 2. The molecule has 30 heavy (non-hydrogen) atoms. The molecule has 2 amide bonds. The molecule has 4 N–H and O–H groups in total. The molecule has 0 aliphatic rings. The van der Waals surface area contributed by atoms with E-state index in [1.807, 2.05) is 35.2 Å². The van der Waals surface area contributed by atoms with Crippen molar-refractivity contribution >= 4 is 17.7 Å². The van der Waals surface area contributed by atoms with Gasteiger partial charge in [-0.25, -0.2) is 4.79 Å².